The third kappa shape index (κ3) is 2.49. The third-order valence-electron chi connectivity index (χ3n) is 3.59. The van der Waals surface area contributed by atoms with Gasteiger partial charge in [-0.15, -0.1) is 0 Å². The van der Waals surface area contributed by atoms with Crippen LogP contribution in [-0.2, 0) is 4.79 Å². The molecule has 2 unspecified atom stereocenters. The van der Waals surface area contributed by atoms with Crippen LogP contribution in [0, 0.1) is 5.92 Å². The Morgan fingerprint density at radius 3 is 2.60 bits per heavy atom. The molecule has 1 aliphatic heterocycles. The Hall–Kier alpha value is -0.610. The molecule has 1 saturated heterocycles. The highest BCUT2D eigenvalue weighted by Gasteiger charge is 2.32. The number of amides is 1. The van der Waals surface area contributed by atoms with Crippen molar-refractivity contribution >= 4 is 5.91 Å². The van der Waals surface area contributed by atoms with E-state index in [1.165, 1.54) is 12.8 Å². The van der Waals surface area contributed by atoms with Crippen molar-refractivity contribution in [3.05, 3.63) is 0 Å². The van der Waals surface area contributed by atoms with Gasteiger partial charge in [-0.25, -0.2) is 0 Å². The van der Waals surface area contributed by atoms with Gasteiger partial charge in [-0.05, 0) is 18.8 Å². The molecule has 1 amide bonds. The van der Waals surface area contributed by atoms with Gasteiger partial charge in [0.2, 0.25) is 5.91 Å². The number of nitrogens with two attached hydrogens (primary N) is 1. The molecule has 4 nitrogen and oxygen atoms in total. The van der Waals surface area contributed by atoms with E-state index in [-0.39, 0.29) is 11.9 Å². The highest BCUT2D eigenvalue weighted by atomic mass is 16.2. The minimum Gasteiger partial charge on any atom is -0.342 e. The summed E-state index contributed by atoms with van der Waals surface area (Å²) in [5.41, 5.74) is 5.93. The third-order valence-corrected chi connectivity index (χ3v) is 3.59. The van der Waals surface area contributed by atoms with Crippen molar-refractivity contribution in [2.45, 2.75) is 31.8 Å². The number of likely N-dealkylation sites (tertiary alicyclic amines) is 1. The predicted octanol–water partition coefficient (Wildman–Crippen LogP) is -0.114. The van der Waals surface area contributed by atoms with Crippen LogP contribution >= 0.6 is 0 Å². The number of nitrogens with zero attached hydrogens (tertiary/aromatic N) is 2. The minimum absolute atomic E-state index is 0.240. The smallest absolute Gasteiger partial charge is 0.236 e. The fourth-order valence-electron chi connectivity index (χ4n) is 2.19. The maximum Gasteiger partial charge on any atom is 0.236 e. The first-order valence-corrected chi connectivity index (χ1v) is 5.81. The van der Waals surface area contributed by atoms with Crippen molar-refractivity contribution < 1.29 is 4.79 Å². The van der Waals surface area contributed by atoms with Crippen molar-refractivity contribution in [3.8, 4) is 0 Å². The molecule has 2 N–H and O–H groups in total. The molecule has 0 spiro atoms. The number of rotatable bonds is 3. The lowest BCUT2D eigenvalue weighted by molar-refractivity contribution is -0.131. The summed E-state index contributed by atoms with van der Waals surface area (Å²) in [4.78, 5) is 15.9. The van der Waals surface area contributed by atoms with Crippen molar-refractivity contribution in [2.24, 2.45) is 11.7 Å². The fourth-order valence-corrected chi connectivity index (χ4v) is 2.19. The number of likely N-dealkylation sites (N-methyl/N-ethyl adjacent to an activating group) is 1. The lowest BCUT2D eigenvalue weighted by Gasteiger charge is -2.21. The molecule has 0 radical (unpaired) electrons. The average Bonchev–Trinajstić information content (AvgIpc) is 2.95. The van der Waals surface area contributed by atoms with Gasteiger partial charge in [-0.1, -0.05) is 6.92 Å². The number of hydrogen-bond acceptors (Lipinski definition) is 3. The zero-order valence-electron chi connectivity index (χ0n) is 9.65. The van der Waals surface area contributed by atoms with Crippen LogP contribution in [-0.4, -0.2) is 54.5 Å². The van der Waals surface area contributed by atoms with Crippen molar-refractivity contribution in [1.29, 1.82) is 0 Å². The van der Waals surface area contributed by atoms with Crippen LogP contribution in [0.1, 0.15) is 19.8 Å². The summed E-state index contributed by atoms with van der Waals surface area (Å²) < 4.78 is 0. The van der Waals surface area contributed by atoms with Crippen molar-refractivity contribution in [3.63, 3.8) is 0 Å². The molecule has 15 heavy (non-hydrogen) atoms. The molecule has 86 valence electrons. The molecule has 1 saturated carbocycles. The van der Waals surface area contributed by atoms with E-state index in [0.29, 0.717) is 18.5 Å². The largest absolute Gasteiger partial charge is 0.342 e. The zero-order valence-corrected chi connectivity index (χ0v) is 9.65. The van der Waals surface area contributed by atoms with Crippen LogP contribution in [0.5, 0.6) is 0 Å². The van der Waals surface area contributed by atoms with E-state index in [4.69, 9.17) is 5.73 Å². The summed E-state index contributed by atoms with van der Waals surface area (Å²) in [7, 11) is 1.92. The molecule has 2 atom stereocenters. The Kier molecular flexibility index (Phi) is 2.98. The molecule has 2 aliphatic rings. The molecular weight excluding hydrogens is 190 g/mol. The molecule has 0 bridgehead atoms. The van der Waals surface area contributed by atoms with Gasteiger partial charge in [0.15, 0.2) is 0 Å². The molecule has 2 fully saturated rings. The first-order chi connectivity index (χ1) is 7.08. The normalized spacial score (nSPS) is 31.9. The van der Waals surface area contributed by atoms with Gasteiger partial charge in [-0.3, -0.25) is 9.69 Å². The average molecular weight is 211 g/mol. The first-order valence-electron chi connectivity index (χ1n) is 5.81. The molecule has 0 aromatic heterocycles. The number of carbonyl (C=O) groups is 1. The summed E-state index contributed by atoms with van der Waals surface area (Å²) in [5, 5.41) is 0. The standard InChI is InChI=1S/C11H21N3O/c1-8-5-14(6-10(8)12)7-11(15)13(2)9-3-4-9/h8-10H,3-7,12H2,1-2H3. The van der Waals surface area contributed by atoms with Gasteiger partial charge in [0.1, 0.15) is 0 Å². The van der Waals surface area contributed by atoms with E-state index in [1.807, 2.05) is 11.9 Å². The van der Waals surface area contributed by atoms with E-state index in [1.54, 1.807) is 0 Å². The second-order valence-electron chi connectivity index (χ2n) is 5.07. The van der Waals surface area contributed by atoms with Gasteiger partial charge >= 0.3 is 0 Å². The van der Waals surface area contributed by atoms with Gasteiger partial charge in [0, 0.05) is 32.2 Å². The van der Waals surface area contributed by atoms with E-state index in [0.717, 1.165) is 13.1 Å². The molecule has 1 aliphatic carbocycles. The molecule has 0 aromatic rings. The van der Waals surface area contributed by atoms with Gasteiger partial charge < -0.3 is 10.6 Å². The summed E-state index contributed by atoms with van der Waals surface area (Å²) in [6.07, 6.45) is 2.36. The minimum atomic E-state index is 0.240. The Bertz CT molecular complexity index is 242. The Morgan fingerprint density at radius 1 is 1.47 bits per heavy atom. The maximum absolute atomic E-state index is 11.8. The Labute approximate surface area is 91.4 Å². The number of carbonyl (C=O) groups excluding carboxylic acids is 1. The maximum atomic E-state index is 11.8. The van der Waals surface area contributed by atoms with Crippen LogP contribution in [0.3, 0.4) is 0 Å². The van der Waals surface area contributed by atoms with E-state index >= 15 is 0 Å². The Morgan fingerprint density at radius 2 is 2.13 bits per heavy atom. The van der Waals surface area contributed by atoms with Crippen LogP contribution in [0.25, 0.3) is 0 Å². The van der Waals surface area contributed by atoms with Crippen molar-refractivity contribution in [1.82, 2.24) is 9.80 Å². The summed E-state index contributed by atoms with van der Waals surface area (Å²) in [6, 6.07) is 0.759. The molecular formula is C11H21N3O. The van der Waals surface area contributed by atoms with Crippen LogP contribution in [0.2, 0.25) is 0 Å². The topological polar surface area (TPSA) is 49.6 Å². The second-order valence-corrected chi connectivity index (χ2v) is 5.07. The fraction of sp³-hybridized carbons (Fsp3) is 0.909. The summed E-state index contributed by atoms with van der Waals surface area (Å²) >= 11 is 0. The van der Waals surface area contributed by atoms with E-state index in [2.05, 4.69) is 11.8 Å². The van der Waals surface area contributed by atoms with Crippen LogP contribution in [0.15, 0.2) is 0 Å². The summed E-state index contributed by atoms with van der Waals surface area (Å²) in [6.45, 7) is 4.53. The Balaban J connectivity index is 1.79. The van der Waals surface area contributed by atoms with Crippen molar-refractivity contribution in [2.75, 3.05) is 26.7 Å². The van der Waals surface area contributed by atoms with E-state index in [9.17, 15) is 4.79 Å². The molecule has 1 heterocycles. The molecule has 2 rings (SSSR count). The van der Waals surface area contributed by atoms with Crippen LogP contribution < -0.4 is 5.73 Å². The monoisotopic (exact) mass is 211 g/mol. The lowest BCUT2D eigenvalue weighted by atomic mass is 10.1. The highest BCUT2D eigenvalue weighted by molar-refractivity contribution is 5.78. The second kappa shape index (κ2) is 4.10. The summed E-state index contributed by atoms with van der Waals surface area (Å²) in [5.74, 6) is 0.767. The van der Waals surface area contributed by atoms with Gasteiger partial charge in [0.25, 0.3) is 0 Å². The lowest BCUT2D eigenvalue weighted by Crippen LogP contribution is -2.39. The quantitative estimate of drug-likeness (QED) is 0.708. The SMILES string of the molecule is CC1CN(CC(=O)N(C)C2CC2)CC1N. The first kappa shape index (κ1) is 10.9. The van der Waals surface area contributed by atoms with Gasteiger partial charge in [-0.2, -0.15) is 0 Å². The predicted molar refractivity (Wildman–Crippen MR) is 59.4 cm³/mol. The van der Waals surface area contributed by atoms with E-state index < -0.39 is 0 Å². The molecule has 0 aromatic carbocycles. The highest BCUT2D eigenvalue weighted by Crippen LogP contribution is 2.25. The van der Waals surface area contributed by atoms with Crippen LogP contribution in [0.4, 0.5) is 0 Å². The number of hydrogen-bond donors (Lipinski definition) is 1. The zero-order chi connectivity index (χ0) is 11.0. The van der Waals surface area contributed by atoms with Gasteiger partial charge in [0.05, 0.1) is 6.54 Å². The molecule has 4 heteroatoms.